The van der Waals surface area contributed by atoms with Gasteiger partial charge in [-0.2, -0.15) is 5.26 Å². The number of benzene rings is 2. The van der Waals surface area contributed by atoms with Crippen LogP contribution in [0, 0.1) is 18.3 Å². The number of hydrogen-bond acceptors (Lipinski definition) is 4. The lowest BCUT2D eigenvalue weighted by molar-refractivity contribution is -0.112. The van der Waals surface area contributed by atoms with Crippen molar-refractivity contribution >= 4 is 17.7 Å². The Labute approximate surface area is 147 Å². The standard InChI is InChI=1S/C20H20N2O3/c1-4-25-18-8-6-17(7-9-18)22-20(23)16(13-21)12-15-5-10-19(24-3)14(2)11-15/h5-12H,4H2,1-3H3,(H,22,23)/b16-12-. The van der Waals surface area contributed by atoms with E-state index in [4.69, 9.17) is 9.47 Å². The third-order valence-corrected chi connectivity index (χ3v) is 3.52. The maximum atomic E-state index is 12.3. The van der Waals surface area contributed by atoms with E-state index in [0.29, 0.717) is 12.3 Å². The van der Waals surface area contributed by atoms with Crippen molar-refractivity contribution in [2.24, 2.45) is 0 Å². The molecular weight excluding hydrogens is 316 g/mol. The lowest BCUT2D eigenvalue weighted by atomic mass is 10.1. The molecule has 2 aromatic carbocycles. The zero-order valence-corrected chi connectivity index (χ0v) is 14.5. The predicted molar refractivity (Wildman–Crippen MR) is 97.6 cm³/mol. The highest BCUT2D eigenvalue weighted by molar-refractivity contribution is 6.09. The number of nitriles is 1. The minimum atomic E-state index is -0.458. The number of aryl methyl sites for hydroxylation is 1. The summed E-state index contributed by atoms with van der Waals surface area (Å²) in [7, 11) is 1.60. The molecule has 25 heavy (non-hydrogen) atoms. The number of methoxy groups -OCH3 is 1. The lowest BCUT2D eigenvalue weighted by Crippen LogP contribution is -2.13. The topological polar surface area (TPSA) is 71.3 Å². The highest BCUT2D eigenvalue weighted by atomic mass is 16.5. The van der Waals surface area contributed by atoms with Gasteiger partial charge in [-0.3, -0.25) is 4.79 Å². The number of carbonyl (C=O) groups excluding carboxylic acids is 1. The van der Waals surface area contributed by atoms with E-state index >= 15 is 0 Å². The van der Waals surface area contributed by atoms with Crippen LogP contribution in [0.5, 0.6) is 11.5 Å². The Bertz CT molecular complexity index is 818. The molecule has 0 heterocycles. The molecule has 0 fully saturated rings. The Hall–Kier alpha value is -3.26. The number of amides is 1. The molecule has 0 bridgehead atoms. The predicted octanol–water partition coefficient (Wildman–Crippen LogP) is 3.95. The van der Waals surface area contributed by atoms with E-state index in [2.05, 4.69) is 5.32 Å². The van der Waals surface area contributed by atoms with Crippen molar-refractivity contribution in [2.75, 3.05) is 19.0 Å². The Morgan fingerprint density at radius 2 is 1.96 bits per heavy atom. The number of carbonyl (C=O) groups is 1. The van der Waals surface area contributed by atoms with Gasteiger partial charge in [0.15, 0.2) is 0 Å². The van der Waals surface area contributed by atoms with Crippen molar-refractivity contribution < 1.29 is 14.3 Å². The first-order valence-corrected chi connectivity index (χ1v) is 7.88. The Balaban J connectivity index is 2.15. The van der Waals surface area contributed by atoms with E-state index < -0.39 is 5.91 Å². The van der Waals surface area contributed by atoms with Crippen LogP contribution >= 0.6 is 0 Å². The van der Waals surface area contributed by atoms with E-state index in [1.165, 1.54) is 0 Å². The first kappa shape index (κ1) is 18.1. The number of rotatable bonds is 6. The number of hydrogen-bond donors (Lipinski definition) is 1. The summed E-state index contributed by atoms with van der Waals surface area (Å²) in [5.74, 6) is 1.03. The van der Waals surface area contributed by atoms with Gasteiger partial charge in [0.25, 0.3) is 5.91 Å². The van der Waals surface area contributed by atoms with E-state index in [1.54, 1.807) is 49.6 Å². The summed E-state index contributed by atoms with van der Waals surface area (Å²) < 4.78 is 10.6. The molecule has 2 aromatic rings. The number of nitrogens with zero attached hydrogens (tertiary/aromatic N) is 1. The van der Waals surface area contributed by atoms with Gasteiger partial charge in [-0.25, -0.2) is 0 Å². The SMILES string of the molecule is CCOc1ccc(NC(=O)/C(C#N)=C\c2ccc(OC)c(C)c2)cc1. The van der Waals surface area contributed by atoms with Crippen LogP contribution in [0.25, 0.3) is 6.08 Å². The van der Waals surface area contributed by atoms with Gasteiger partial charge >= 0.3 is 0 Å². The molecule has 5 nitrogen and oxygen atoms in total. The molecule has 0 aliphatic carbocycles. The van der Waals surface area contributed by atoms with Gasteiger partial charge in [-0.1, -0.05) is 6.07 Å². The fourth-order valence-electron chi connectivity index (χ4n) is 2.31. The average molecular weight is 336 g/mol. The number of anilines is 1. The van der Waals surface area contributed by atoms with Crippen molar-refractivity contribution in [1.29, 1.82) is 5.26 Å². The molecule has 1 N–H and O–H groups in total. The van der Waals surface area contributed by atoms with Crippen molar-refractivity contribution in [2.45, 2.75) is 13.8 Å². The third kappa shape index (κ3) is 4.85. The molecule has 0 aromatic heterocycles. The first-order valence-electron chi connectivity index (χ1n) is 7.88. The average Bonchev–Trinajstić information content (AvgIpc) is 2.61. The maximum Gasteiger partial charge on any atom is 0.266 e. The minimum Gasteiger partial charge on any atom is -0.496 e. The highest BCUT2D eigenvalue weighted by Crippen LogP contribution is 2.21. The van der Waals surface area contributed by atoms with E-state index in [9.17, 15) is 10.1 Å². The molecule has 0 saturated carbocycles. The van der Waals surface area contributed by atoms with Gasteiger partial charge in [-0.15, -0.1) is 0 Å². The molecular formula is C20H20N2O3. The van der Waals surface area contributed by atoms with Gasteiger partial charge in [0.2, 0.25) is 0 Å². The second kappa shape index (κ2) is 8.55. The Morgan fingerprint density at radius 3 is 2.52 bits per heavy atom. The van der Waals surface area contributed by atoms with E-state index in [0.717, 1.165) is 22.6 Å². The Morgan fingerprint density at radius 1 is 1.24 bits per heavy atom. The largest absolute Gasteiger partial charge is 0.496 e. The molecule has 0 aliphatic rings. The summed E-state index contributed by atoms with van der Waals surface area (Å²) in [6.07, 6.45) is 1.55. The first-order chi connectivity index (χ1) is 12.1. The van der Waals surface area contributed by atoms with Crippen molar-refractivity contribution in [3.8, 4) is 17.6 Å². The van der Waals surface area contributed by atoms with Crippen LogP contribution in [0.2, 0.25) is 0 Å². The molecule has 0 atom stereocenters. The molecule has 2 rings (SSSR count). The highest BCUT2D eigenvalue weighted by Gasteiger charge is 2.10. The zero-order valence-electron chi connectivity index (χ0n) is 14.5. The normalized spacial score (nSPS) is 10.7. The molecule has 5 heteroatoms. The molecule has 0 unspecified atom stereocenters. The van der Waals surface area contributed by atoms with E-state index in [1.807, 2.05) is 26.0 Å². The third-order valence-electron chi connectivity index (χ3n) is 3.52. The number of nitrogens with one attached hydrogen (secondary N) is 1. The smallest absolute Gasteiger partial charge is 0.266 e. The summed E-state index contributed by atoms with van der Waals surface area (Å²) in [4.78, 5) is 12.3. The number of ether oxygens (including phenoxy) is 2. The van der Waals surface area contributed by atoms with Crippen LogP contribution in [0.4, 0.5) is 5.69 Å². The van der Waals surface area contributed by atoms with Gasteiger partial charge < -0.3 is 14.8 Å². The van der Waals surface area contributed by atoms with Gasteiger partial charge in [0.05, 0.1) is 13.7 Å². The fraction of sp³-hybridized carbons (Fsp3) is 0.200. The fourth-order valence-corrected chi connectivity index (χ4v) is 2.31. The van der Waals surface area contributed by atoms with Gasteiger partial charge in [0, 0.05) is 5.69 Å². The molecule has 1 amide bonds. The summed E-state index contributed by atoms with van der Waals surface area (Å²) in [5.41, 5.74) is 2.32. The van der Waals surface area contributed by atoms with Gasteiger partial charge in [0.1, 0.15) is 23.1 Å². The van der Waals surface area contributed by atoms with Crippen LogP contribution in [0.15, 0.2) is 48.0 Å². The second-order valence-electron chi connectivity index (χ2n) is 5.31. The van der Waals surface area contributed by atoms with Crippen LogP contribution in [-0.2, 0) is 4.79 Å². The molecule has 0 radical (unpaired) electrons. The summed E-state index contributed by atoms with van der Waals surface area (Å²) in [5, 5.41) is 12.0. The Kier molecular flexibility index (Phi) is 6.19. The minimum absolute atomic E-state index is 0.0263. The lowest BCUT2D eigenvalue weighted by Gasteiger charge is -2.07. The van der Waals surface area contributed by atoms with Crippen LogP contribution < -0.4 is 14.8 Å². The summed E-state index contributed by atoms with van der Waals surface area (Å²) >= 11 is 0. The maximum absolute atomic E-state index is 12.3. The molecule has 0 aliphatic heterocycles. The second-order valence-corrected chi connectivity index (χ2v) is 5.31. The quantitative estimate of drug-likeness (QED) is 0.640. The molecule has 0 spiro atoms. The zero-order chi connectivity index (χ0) is 18.2. The molecule has 0 saturated heterocycles. The molecule has 128 valence electrons. The van der Waals surface area contributed by atoms with Crippen LogP contribution in [0.3, 0.4) is 0 Å². The van der Waals surface area contributed by atoms with Crippen molar-refractivity contribution in [3.05, 3.63) is 59.2 Å². The summed E-state index contributed by atoms with van der Waals surface area (Å²) in [6, 6.07) is 14.4. The van der Waals surface area contributed by atoms with E-state index in [-0.39, 0.29) is 5.57 Å². The van der Waals surface area contributed by atoms with Crippen LogP contribution in [0.1, 0.15) is 18.1 Å². The van der Waals surface area contributed by atoms with Crippen LogP contribution in [-0.4, -0.2) is 19.6 Å². The monoisotopic (exact) mass is 336 g/mol. The van der Waals surface area contributed by atoms with Gasteiger partial charge in [-0.05, 0) is 67.4 Å². The van der Waals surface area contributed by atoms with Crippen molar-refractivity contribution in [1.82, 2.24) is 0 Å². The van der Waals surface area contributed by atoms with Crippen molar-refractivity contribution in [3.63, 3.8) is 0 Å². The summed E-state index contributed by atoms with van der Waals surface area (Å²) in [6.45, 7) is 4.39.